The fraction of sp³-hybridized carbons (Fsp3) is 0.457. The number of fused-ring (bicyclic) bond motifs is 1. The fourth-order valence-electron chi connectivity index (χ4n) is 7.59. The van der Waals surface area contributed by atoms with Gasteiger partial charge in [-0.05, 0) is 81.2 Å². The summed E-state index contributed by atoms with van der Waals surface area (Å²) in [5, 5.41) is 24.3. The molecular weight excluding hydrogens is 835 g/mol. The number of aromatic nitrogens is 1. The zero-order valence-electron chi connectivity index (χ0n) is 36.0. The number of hydrogen-bond acceptors (Lipinski definition) is 15. The van der Waals surface area contributed by atoms with Gasteiger partial charge in [0.15, 0.2) is 0 Å². The van der Waals surface area contributed by atoms with Crippen LogP contribution in [0.3, 0.4) is 0 Å². The number of aryl methyl sites for hydroxylation is 1. The van der Waals surface area contributed by atoms with Gasteiger partial charge in [0.25, 0.3) is 11.8 Å². The number of nitro groups is 1. The van der Waals surface area contributed by atoms with E-state index in [1.807, 2.05) is 45.0 Å². The van der Waals surface area contributed by atoms with Gasteiger partial charge < -0.3 is 24.1 Å². The highest BCUT2D eigenvalue weighted by atomic mass is 32.1. The molecule has 3 heterocycles. The first-order valence-electron chi connectivity index (χ1n) is 20.8. The average Bonchev–Trinajstić information content (AvgIpc) is 3.77. The number of Topliss-reactive ketones (excluding diaryl/α,β-unsaturated/α-hetero) is 1. The van der Waals surface area contributed by atoms with E-state index in [1.165, 1.54) is 32.1 Å². The standard InChI is InChI=1S/C46H53N3O13S/c1-7-10-32-43(62-45(56)59-26-30-15-18-36(34(23-30)49(57)58)61-41(53)13-9-22-48-39(51)20-21-40(48)52)28(3)12-8-11-27(2)14-17-35(31-16-19-37-33(24-31)47-29(4)63-37)60-42(54)25-38(50)46(5,6)44(32)55/h7,14-16,18-21,23-24,28,32,35,38,43,50H,1,8-13,17,22,25-26H2,2-6H3/b27-14-/t28-,32+,35-,38-,43-/m0/s1. The molecule has 17 heteroatoms. The Labute approximate surface area is 369 Å². The van der Waals surface area contributed by atoms with E-state index in [0.717, 1.165) is 49.5 Å². The van der Waals surface area contributed by atoms with Crippen LogP contribution in [-0.4, -0.2) is 74.4 Å². The maximum absolute atomic E-state index is 14.5. The van der Waals surface area contributed by atoms with Gasteiger partial charge in [-0.1, -0.05) is 50.6 Å². The summed E-state index contributed by atoms with van der Waals surface area (Å²) in [4.78, 5) is 94.1. The number of carbonyl (C=O) groups excluding carboxylic acids is 6. The molecule has 63 heavy (non-hydrogen) atoms. The van der Waals surface area contributed by atoms with E-state index in [-0.39, 0.29) is 37.1 Å². The molecular formula is C46H53N3O13S. The van der Waals surface area contributed by atoms with Crippen molar-refractivity contribution in [2.24, 2.45) is 17.3 Å². The van der Waals surface area contributed by atoms with Crippen LogP contribution in [0.1, 0.15) is 101 Å². The number of amides is 2. The number of imide groups is 1. The van der Waals surface area contributed by atoms with Crippen LogP contribution in [0.2, 0.25) is 0 Å². The number of aliphatic hydroxyl groups excluding tert-OH is 1. The van der Waals surface area contributed by atoms with Crippen molar-refractivity contribution in [3.8, 4) is 5.75 Å². The molecule has 0 radical (unpaired) electrons. The van der Waals surface area contributed by atoms with Gasteiger partial charge >= 0.3 is 23.8 Å². The van der Waals surface area contributed by atoms with E-state index in [2.05, 4.69) is 11.6 Å². The van der Waals surface area contributed by atoms with Gasteiger partial charge in [-0.3, -0.25) is 39.0 Å². The van der Waals surface area contributed by atoms with Crippen molar-refractivity contribution in [2.45, 2.75) is 111 Å². The summed E-state index contributed by atoms with van der Waals surface area (Å²) in [5.41, 5.74) is 0.683. The van der Waals surface area contributed by atoms with Crippen LogP contribution in [-0.2, 0) is 44.8 Å². The molecule has 1 N–H and O–H groups in total. The summed E-state index contributed by atoms with van der Waals surface area (Å²) in [6, 6.07) is 9.39. The monoisotopic (exact) mass is 887 g/mol. The minimum Gasteiger partial charge on any atom is -0.457 e. The molecule has 0 spiro atoms. The van der Waals surface area contributed by atoms with E-state index in [0.29, 0.717) is 25.7 Å². The topological polar surface area (TPSA) is 219 Å². The SMILES string of the molecule is C=CC[C@H]1C(=O)C(C)(C)[C@@H](O)CC(=O)O[C@H](c2ccc3sc(C)nc3c2)C/C=C(/C)CCC[C@H](C)[C@@H]1OC(=O)OCc1ccc(OC(=O)CCCN2C(=O)C=CC2=O)c([N+](=O)[O-])c1. The second-order valence-corrected chi connectivity index (χ2v) is 17.7. The number of cyclic esters (lactones) is 1. The van der Waals surface area contributed by atoms with Crippen molar-refractivity contribution >= 4 is 62.9 Å². The molecule has 0 unspecified atom stereocenters. The molecule has 336 valence electrons. The van der Waals surface area contributed by atoms with E-state index < -0.39 is 94.9 Å². The fourth-order valence-corrected chi connectivity index (χ4v) is 8.40. The Kier molecular flexibility index (Phi) is 16.2. The first-order chi connectivity index (χ1) is 29.9. The summed E-state index contributed by atoms with van der Waals surface area (Å²) in [5.74, 6) is -4.73. The zero-order valence-corrected chi connectivity index (χ0v) is 36.9. The molecule has 5 rings (SSSR count). The second-order valence-electron chi connectivity index (χ2n) is 16.5. The first-order valence-corrected chi connectivity index (χ1v) is 21.6. The van der Waals surface area contributed by atoms with Crippen LogP contribution >= 0.6 is 11.3 Å². The number of benzene rings is 2. The normalized spacial score (nSPS) is 23.2. The van der Waals surface area contributed by atoms with Crippen LogP contribution in [0.5, 0.6) is 5.75 Å². The number of aliphatic hydroxyl groups is 1. The molecule has 2 aliphatic rings. The number of esters is 2. The smallest absolute Gasteiger partial charge is 0.457 e. The minimum atomic E-state index is -1.51. The number of allylic oxidation sites excluding steroid dienone is 2. The third kappa shape index (κ3) is 12.5. The predicted molar refractivity (Wildman–Crippen MR) is 231 cm³/mol. The summed E-state index contributed by atoms with van der Waals surface area (Å²) >= 11 is 1.57. The summed E-state index contributed by atoms with van der Waals surface area (Å²) < 4.78 is 23.5. The molecule has 16 nitrogen and oxygen atoms in total. The van der Waals surface area contributed by atoms with Gasteiger partial charge in [0, 0.05) is 37.6 Å². The number of rotatable bonds is 12. The van der Waals surface area contributed by atoms with Crippen LogP contribution in [0, 0.1) is 34.3 Å². The molecule has 2 aliphatic heterocycles. The number of nitrogens with zero attached hydrogens (tertiary/aromatic N) is 3. The van der Waals surface area contributed by atoms with Crippen LogP contribution in [0.4, 0.5) is 10.5 Å². The number of ether oxygens (including phenoxy) is 4. The molecule has 2 amide bonds. The highest BCUT2D eigenvalue weighted by Crippen LogP contribution is 2.37. The Morgan fingerprint density at radius 2 is 1.84 bits per heavy atom. The highest BCUT2D eigenvalue weighted by molar-refractivity contribution is 7.18. The van der Waals surface area contributed by atoms with Gasteiger partial charge in [-0.25, -0.2) is 9.78 Å². The molecule has 3 aromatic rings. The van der Waals surface area contributed by atoms with Crippen molar-refractivity contribution in [2.75, 3.05) is 6.54 Å². The first kappa shape index (κ1) is 48.0. The van der Waals surface area contributed by atoms with Crippen LogP contribution < -0.4 is 4.74 Å². The van der Waals surface area contributed by atoms with Crippen LogP contribution in [0.15, 0.2) is 72.9 Å². The Morgan fingerprint density at radius 1 is 1.11 bits per heavy atom. The number of hydrogen-bond donors (Lipinski definition) is 1. The van der Waals surface area contributed by atoms with Crippen molar-refractivity contribution in [1.29, 1.82) is 0 Å². The van der Waals surface area contributed by atoms with Gasteiger partial charge in [0.2, 0.25) is 5.75 Å². The molecule has 0 fully saturated rings. The number of nitro benzene ring substituents is 1. The van der Waals surface area contributed by atoms with E-state index in [4.69, 9.17) is 18.9 Å². The van der Waals surface area contributed by atoms with Gasteiger partial charge in [-0.15, -0.1) is 17.9 Å². The second kappa shape index (κ2) is 21.3. The third-order valence-corrected chi connectivity index (χ3v) is 12.3. The number of ketones is 1. The van der Waals surface area contributed by atoms with Crippen molar-refractivity contribution < 1.29 is 57.7 Å². The Bertz CT molecular complexity index is 2300. The minimum absolute atomic E-state index is 0.0308. The molecule has 2 aromatic carbocycles. The van der Waals surface area contributed by atoms with Crippen molar-refractivity contribution in [1.82, 2.24) is 9.88 Å². The van der Waals surface area contributed by atoms with Crippen molar-refractivity contribution in [3.05, 3.63) is 99.1 Å². The third-order valence-electron chi connectivity index (χ3n) is 11.3. The molecule has 0 saturated carbocycles. The number of thiazole rings is 1. The van der Waals surface area contributed by atoms with Crippen LogP contribution in [0.25, 0.3) is 10.2 Å². The van der Waals surface area contributed by atoms with Gasteiger partial charge in [0.1, 0.15) is 24.6 Å². The molecule has 5 atom stereocenters. The lowest BCUT2D eigenvalue weighted by Gasteiger charge is -2.37. The van der Waals surface area contributed by atoms with Crippen molar-refractivity contribution in [3.63, 3.8) is 0 Å². The molecule has 0 aliphatic carbocycles. The average molecular weight is 888 g/mol. The lowest BCUT2D eigenvalue weighted by atomic mass is 9.71. The maximum atomic E-state index is 14.5. The highest BCUT2D eigenvalue weighted by Gasteiger charge is 2.45. The largest absolute Gasteiger partial charge is 0.508 e. The maximum Gasteiger partial charge on any atom is 0.508 e. The summed E-state index contributed by atoms with van der Waals surface area (Å²) in [7, 11) is 0. The Morgan fingerprint density at radius 3 is 2.54 bits per heavy atom. The number of carbonyl (C=O) groups is 6. The van der Waals surface area contributed by atoms with E-state index >= 15 is 0 Å². The Balaban J connectivity index is 1.28. The quantitative estimate of drug-likeness (QED) is 0.0454. The molecule has 1 aromatic heterocycles. The van der Waals surface area contributed by atoms with E-state index in [9.17, 15) is 44.0 Å². The zero-order chi connectivity index (χ0) is 46.0. The van der Waals surface area contributed by atoms with Gasteiger partial charge in [-0.2, -0.15) is 0 Å². The molecule has 0 bridgehead atoms. The Hall–Kier alpha value is -6.07. The van der Waals surface area contributed by atoms with Gasteiger partial charge in [0.05, 0.1) is 44.0 Å². The predicted octanol–water partition coefficient (Wildman–Crippen LogP) is 8.12. The lowest BCUT2D eigenvalue weighted by molar-refractivity contribution is -0.385. The lowest BCUT2D eigenvalue weighted by Crippen LogP contribution is -2.47. The summed E-state index contributed by atoms with van der Waals surface area (Å²) in [6.07, 6.45) is 3.11. The van der Waals surface area contributed by atoms with E-state index in [1.54, 1.807) is 11.3 Å². The summed E-state index contributed by atoms with van der Waals surface area (Å²) in [6.45, 7) is 12.1. The molecule has 0 saturated heterocycles.